The fourth-order valence-electron chi connectivity index (χ4n) is 0.735. The molecular weight excluding hydrogens is 218 g/mol. The van der Waals surface area contributed by atoms with Gasteiger partial charge >= 0.3 is 5.97 Å². The molecule has 0 fully saturated rings. The van der Waals surface area contributed by atoms with Crippen LogP contribution in [-0.2, 0) is 18.8 Å². The summed E-state index contributed by atoms with van der Waals surface area (Å²) in [5.74, 6) is -0.875. The Hall–Kier alpha value is -0.330. The molecule has 0 rings (SSSR count). The first kappa shape index (κ1) is 12.7. The maximum atomic E-state index is 11.0. The second kappa shape index (κ2) is 4.78. The molecule has 7 heteroatoms. The van der Waals surface area contributed by atoms with Gasteiger partial charge in [-0.15, -0.1) is 0 Å². The topological polar surface area (TPSA) is 72.5 Å². The molecule has 0 unspecified atom stereocenters. The highest BCUT2D eigenvalue weighted by molar-refractivity contribution is 8.12. The van der Waals surface area contributed by atoms with Gasteiger partial charge in [0, 0.05) is 10.7 Å². The average Bonchev–Trinajstić information content (AvgIpc) is 1.96. The van der Waals surface area contributed by atoms with E-state index in [1.165, 1.54) is 7.11 Å². The van der Waals surface area contributed by atoms with Crippen molar-refractivity contribution in [1.82, 2.24) is 4.72 Å². The molecule has 0 saturated carbocycles. The normalized spacial score (nSPS) is 14.2. The lowest BCUT2D eigenvalue weighted by Gasteiger charge is -2.17. The van der Waals surface area contributed by atoms with Crippen molar-refractivity contribution in [2.75, 3.05) is 7.11 Å². The van der Waals surface area contributed by atoms with E-state index in [0.717, 1.165) is 0 Å². The summed E-state index contributed by atoms with van der Waals surface area (Å²) in [5.41, 5.74) is 0. The van der Waals surface area contributed by atoms with Crippen LogP contribution in [0.3, 0.4) is 0 Å². The molecule has 13 heavy (non-hydrogen) atoms. The predicted molar refractivity (Wildman–Crippen MR) is 48.6 cm³/mol. The van der Waals surface area contributed by atoms with Gasteiger partial charge in [0.1, 0.15) is 6.04 Å². The number of ether oxygens (including phenoxy) is 1. The van der Waals surface area contributed by atoms with Crippen molar-refractivity contribution in [3.8, 4) is 0 Å². The Kier molecular flexibility index (Phi) is 4.66. The summed E-state index contributed by atoms with van der Waals surface area (Å²) in [5, 5.41) is 0. The Morgan fingerprint density at radius 3 is 2.15 bits per heavy atom. The lowest BCUT2D eigenvalue weighted by molar-refractivity contribution is -0.143. The van der Waals surface area contributed by atoms with E-state index in [-0.39, 0.29) is 5.92 Å². The van der Waals surface area contributed by atoms with Gasteiger partial charge in [-0.2, -0.15) is 13.1 Å². The molecule has 0 aliphatic carbocycles. The van der Waals surface area contributed by atoms with Crippen molar-refractivity contribution >= 4 is 25.9 Å². The van der Waals surface area contributed by atoms with E-state index in [0.29, 0.717) is 0 Å². The minimum Gasteiger partial charge on any atom is -0.468 e. The molecule has 0 aliphatic heterocycles. The lowest BCUT2D eigenvalue weighted by Crippen LogP contribution is -2.43. The van der Waals surface area contributed by atoms with Gasteiger partial charge in [-0.05, 0) is 5.92 Å². The number of hydrogen-bond acceptors (Lipinski definition) is 4. The summed E-state index contributed by atoms with van der Waals surface area (Å²) in [6, 6.07) is -0.938. The zero-order chi connectivity index (χ0) is 10.6. The van der Waals surface area contributed by atoms with E-state index < -0.39 is 21.2 Å². The van der Waals surface area contributed by atoms with Crippen molar-refractivity contribution in [3.05, 3.63) is 0 Å². The zero-order valence-corrected chi connectivity index (χ0v) is 9.15. The summed E-state index contributed by atoms with van der Waals surface area (Å²) >= 11 is 0. The second-order valence-electron chi connectivity index (χ2n) is 2.80. The van der Waals surface area contributed by atoms with Gasteiger partial charge in [0.05, 0.1) is 7.11 Å². The highest BCUT2D eigenvalue weighted by atomic mass is 35.7. The molecule has 0 aliphatic rings. The number of esters is 1. The van der Waals surface area contributed by atoms with Crippen LogP contribution in [0.15, 0.2) is 0 Å². The van der Waals surface area contributed by atoms with Crippen molar-refractivity contribution in [2.45, 2.75) is 19.9 Å². The van der Waals surface area contributed by atoms with Gasteiger partial charge in [-0.1, -0.05) is 13.8 Å². The van der Waals surface area contributed by atoms with Crippen LogP contribution in [0.25, 0.3) is 0 Å². The monoisotopic (exact) mass is 229 g/mol. The Balaban J connectivity index is 4.55. The van der Waals surface area contributed by atoms with Gasteiger partial charge in [-0.25, -0.2) is 0 Å². The van der Waals surface area contributed by atoms with Crippen LogP contribution >= 0.6 is 10.7 Å². The Bertz CT molecular complexity index is 274. The first-order valence-corrected chi connectivity index (χ1v) is 5.88. The third-order valence-electron chi connectivity index (χ3n) is 1.39. The van der Waals surface area contributed by atoms with Crippen molar-refractivity contribution < 1.29 is 17.9 Å². The van der Waals surface area contributed by atoms with E-state index in [1.807, 2.05) is 4.72 Å². The molecule has 1 atom stereocenters. The standard InChI is InChI=1S/C6H12ClNO4S/c1-4(2)5(6(9)12-3)8-13(7,10)11/h4-5,8H,1-3H3/t5-/m0/s1. The number of rotatable bonds is 4. The summed E-state index contributed by atoms with van der Waals surface area (Å²) in [7, 11) is 2.21. The zero-order valence-electron chi connectivity index (χ0n) is 7.57. The Labute approximate surface area is 82.0 Å². The SMILES string of the molecule is COC(=O)[C@@H](NS(=O)(=O)Cl)C(C)C. The largest absolute Gasteiger partial charge is 0.468 e. The first-order valence-electron chi connectivity index (χ1n) is 3.57. The van der Waals surface area contributed by atoms with Crippen LogP contribution in [0.5, 0.6) is 0 Å². The molecular formula is C6H12ClNO4S. The third-order valence-corrected chi connectivity index (χ3v) is 2.19. The molecule has 0 radical (unpaired) electrons. The van der Waals surface area contributed by atoms with E-state index in [4.69, 9.17) is 10.7 Å². The fourth-order valence-corrected chi connectivity index (χ4v) is 1.69. The van der Waals surface area contributed by atoms with Crippen molar-refractivity contribution in [2.24, 2.45) is 5.92 Å². The average molecular weight is 230 g/mol. The Morgan fingerprint density at radius 2 is 1.92 bits per heavy atom. The van der Waals surface area contributed by atoms with E-state index in [9.17, 15) is 13.2 Å². The molecule has 0 heterocycles. The number of nitrogens with one attached hydrogen (secondary N) is 1. The van der Waals surface area contributed by atoms with Gasteiger partial charge in [-0.3, -0.25) is 4.79 Å². The molecule has 0 saturated heterocycles. The van der Waals surface area contributed by atoms with Gasteiger partial charge in [0.25, 0.3) is 9.24 Å². The van der Waals surface area contributed by atoms with Crippen LogP contribution in [0.1, 0.15) is 13.8 Å². The predicted octanol–water partition coefficient (Wildman–Crippen LogP) is 0.257. The summed E-state index contributed by atoms with van der Waals surface area (Å²) < 4.78 is 27.6. The van der Waals surface area contributed by atoms with Gasteiger partial charge in [0.15, 0.2) is 0 Å². The molecule has 0 aromatic heterocycles. The smallest absolute Gasteiger partial charge is 0.324 e. The highest BCUT2D eigenvalue weighted by Gasteiger charge is 2.26. The fraction of sp³-hybridized carbons (Fsp3) is 0.833. The second-order valence-corrected chi connectivity index (χ2v) is 5.13. The minimum atomic E-state index is -3.90. The number of methoxy groups -OCH3 is 1. The minimum absolute atomic E-state index is 0.221. The van der Waals surface area contributed by atoms with Crippen LogP contribution in [0.4, 0.5) is 0 Å². The molecule has 0 bridgehead atoms. The summed E-state index contributed by atoms with van der Waals surface area (Å²) in [4.78, 5) is 11.0. The summed E-state index contributed by atoms with van der Waals surface area (Å²) in [6.07, 6.45) is 0. The lowest BCUT2D eigenvalue weighted by atomic mass is 10.1. The van der Waals surface area contributed by atoms with E-state index in [1.54, 1.807) is 13.8 Å². The van der Waals surface area contributed by atoms with Crippen LogP contribution in [0.2, 0.25) is 0 Å². The number of carbonyl (C=O) groups excluding carboxylic acids is 1. The first-order chi connectivity index (χ1) is 5.78. The van der Waals surface area contributed by atoms with Crippen molar-refractivity contribution in [1.29, 1.82) is 0 Å². The Morgan fingerprint density at radius 1 is 1.46 bits per heavy atom. The number of halogens is 1. The van der Waals surface area contributed by atoms with Gasteiger partial charge < -0.3 is 4.74 Å². The maximum absolute atomic E-state index is 11.0. The van der Waals surface area contributed by atoms with Crippen molar-refractivity contribution in [3.63, 3.8) is 0 Å². The maximum Gasteiger partial charge on any atom is 0.324 e. The number of carbonyl (C=O) groups is 1. The molecule has 0 aromatic rings. The van der Waals surface area contributed by atoms with Gasteiger partial charge in [0.2, 0.25) is 0 Å². The van der Waals surface area contributed by atoms with Crippen LogP contribution in [-0.4, -0.2) is 27.5 Å². The number of hydrogen-bond donors (Lipinski definition) is 1. The molecule has 0 aromatic carbocycles. The summed E-state index contributed by atoms with van der Waals surface area (Å²) in [6.45, 7) is 3.35. The quantitative estimate of drug-likeness (QED) is 0.554. The van der Waals surface area contributed by atoms with Crippen LogP contribution < -0.4 is 4.72 Å². The molecule has 0 amide bonds. The molecule has 0 spiro atoms. The molecule has 5 nitrogen and oxygen atoms in total. The third kappa shape index (κ3) is 5.07. The van der Waals surface area contributed by atoms with Crippen LogP contribution in [0, 0.1) is 5.92 Å². The van der Waals surface area contributed by atoms with E-state index >= 15 is 0 Å². The van der Waals surface area contributed by atoms with E-state index in [2.05, 4.69) is 4.74 Å². The molecule has 1 N–H and O–H groups in total. The molecule has 78 valence electrons. The highest BCUT2D eigenvalue weighted by Crippen LogP contribution is 2.06.